The van der Waals surface area contributed by atoms with Gasteiger partial charge < -0.3 is 16.0 Å². The van der Waals surface area contributed by atoms with Gasteiger partial charge in [-0.3, -0.25) is 4.79 Å². The number of imidazole rings is 1. The molecule has 0 unspecified atom stereocenters. The molecule has 0 spiro atoms. The van der Waals surface area contributed by atoms with Gasteiger partial charge in [0.1, 0.15) is 5.82 Å². The van der Waals surface area contributed by atoms with Crippen molar-refractivity contribution in [3.63, 3.8) is 0 Å². The van der Waals surface area contributed by atoms with E-state index in [1.54, 1.807) is 30.7 Å². The number of nitrogens with zero attached hydrogens (tertiary/aromatic N) is 1. The van der Waals surface area contributed by atoms with Crippen molar-refractivity contribution >= 4 is 23.4 Å². The Kier molecular flexibility index (Phi) is 6.04. The quantitative estimate of drug-likeness (QED) is 0.557. The number of hydrogen-bond acceptors (Lipinski definition) is 4. The molecule has 2 aromatic carbocycles. The number of rotatable bonds is 7. The smallest absolute Gasteiger partial charge is 0.241 e. The molecule has 0 aliphatic carbocycles. The summed E-state index contributed by atoms with van der Waals surface area (Å²) in [6, 6.07) is 13.4. The first-order valence-electron chi connectivity index (χ1n) is 8.12. The average molecular weight is 370 g/mol. The largest absolute Gasteiger partial charge is 0.348 e. The summed E-state index contributed by atoms with van der Waals surface area (Å²) in [7, 11) is 0. The molecule has 1 atom stereocenters. The van der Waals surface area contributed by atoms with Gasteiger partial charge in [-0.05, 0) is 23.8 Å². The molecule has 1 heterocycles. The molecule has 0 aliphatic rings. The molecule has 0 fully saturated rings. The number of hydrogen-bond donors (Lipinski definition) is 3. The number of para-hydroxylation sites is 1. The van der Waals surface area contributed by atoms with Crippen LogP contribution in [0.25, 0.3) is 0 Å². The molecule has 3 aromatic rings. The number of amides is 1. The number of aromatic nitrogens is 2. The number of thioether (sulfide) groups is 1. The number of carbonyl (C=O) groups is 1. The lowest BCUT2D eigenvalue weighted by Gasteiger charge is -2.14. The normalized spacial score (nSPS) is 11.9. The molecule has 0 saturated heterocycles. The first kappa shape index (κ1) is 18.2. The molecule has 4 N–H and O–H groups in total. The van der Waals surface area contributed by atoms with E-state index in [2.05, 4.69) is 15.3 Å². The summed E-state index contributed by atoms with van der Waals surface area (Å²) in [5, 5.41) is 2.86. The second-order valence-corrected chi connectivity index (χ2v) is 6.77. The SMILES string of the molecule is N[C@@H](Cc1cnc[nH]1)C(=O)Nc1ccccc1SCc1ccccc1F. The first-order chi connectivity index (χ1) is 12.6. The van der Waals surface area contributed by atoms with Gasteiger partial charge in [0.15, 0.2) is 0 Å². The van der Waals surface area contributed by atoms with E-state index in [4.69, 9.17) is 5.73 Å². The molecule has 5 nitrogen and oxygen atoms in total. The maximum atomic E-state index is 13.8. The minimum atomic E-state index is -0.694. The number of anilines is 1. The van der Waals surface area contributed by atoms with Gasteiger partial charge in [0.2, 0.25) is 5.91 Å². The Labute approximate surface area is 155 Å². The van der Waals surface area contributed by atoms with Gasteiger partial charge in [0, 0.05) is 29.0 Å². The molecular weight excluding hydrogens is 351 g/mol. The monoisotopic (exact) mass is 370 g/mol. The van der Waals surface area contributed by atoms with Crippen LogP contribution in [0, 0.1) is 5.82 Å². The third-order valence-corrected chi connectivity index (χ3v) is 4.94. The van der Waals surface area contributed by atoms with Crippen LogP contribution in [0.2, 0.25) is 0 Å². The summed E-state index contributed by atoms with van der Waals surface area (Å²) in [4.78, 5) is 20.1. The molecule has 3 rings (SSSR count). The molecule has 1 amide bonds. The van der Waals surface area contributed by atoms with E-state index in [9.17, 15) is 9.18 Å². The second-order valence-electron chi connectivity index (χ2n) is 5.75. The van der Waals surface area contributed by atoms with Crippen LogP contribution in [0.3, 0.4) is 0 Å². The molecule has 0 aliphatic heterocycles. The molecule has 134 valence electrons. The summed E-state index contributed by atoms with van der Waals surface area (Å²) in [6.45, 7) is 0. The summed E-state index contributed by atoms with van der Waals surface area (Å²) >= 11 is 1.46. The van der Waals surface area contributed by atoms with Crippen molar-refractivity contribution in [2.24, 2.45) is 5.73 Å². The maximum absolute atomic E-state index is 13.8. The highest BCUT2D eigenvalue weighted by Gasteiger charge is 2.16. The summed E-state index contributed by atoms with van der Waals surface area (Å²) < 4.78 is 13.8. The summed E-state index contributed by atoms with van der Waals surface area (Å²) in [6.07, 6.45) is 3.57. The van der Waals surface area contributed by atoms with Crippen molar-refractivity contribution in [3.8, 4) is 0 Å². The zero-order chi connectivity index (χ0) is 18.4. The van der Waals surface area contributed by atoms with E-state index >= 15 is 0 Å². The molecule has 1 aromatic heterocycles. The van der Waals surface area contributed by atoms with Gasteiger partial charge >= 0.3 is 0 Å². The van der Waals surface area contributed by atoms with Gasteiger partial charge in [-0.25, -0.2) is 9.37 Å². The fourth-order valence-electron chi connectivity index (χ4n) is 2.42. The van der Waals surface area contributed by atoms with Crippen molar-refractivity contribution in [2.75, 3.05) is 5.32 Å². The molecular formula is C19H19FN4OS. The van der Waals surface area contributed by atoms with E-state index in [-0.39, 0.29) is 11.7 Å². The fourth-order valence-corrected chi connectivity index (χ4v) is 3.41. The fraction of sp³-hybridized carbons (Fsp3) is 0.158. The Morgan fingerprint density at radius 3 is 2.77 bits per heavy atom. The topological polar surface area (TPSA) is 83.8 Å². The Morgan fingerprint density at radius 2 is 2.00 bits per heavy atom. The first-order valence-corrected chi connectivity index (χ1v) is 9.11. The van der Waals surface area contributed by atoms with Crippen molar-refractivity contribution in [1.82, 2.24) is 9.97 Å². The second kappa shape index (κ2) is 8.64. The number of benzene rings is 2. The predicted octanol–water partition coefficient (Wildman–Crippen LogP) is 3.35. The Morgan fingerprint density at radius 1 is 1.23 bits per heavy atom. The highest BCUT2D eigenvalue weighted by molar-refractivity contribution is 7.98. The van der Waals surface area contributed by atoms with E-state index < -0.39 is 6.04 Å². The van der Waals surface area contributed by atoms with Gasteiger partial charge in [0.25, 0.3) is 0 Å². The van der Waals surface area contributed by atoms with Crippen molar-refractivity contribution in [3.05, 3.63) is 78.1 Å². The lowest BCUT2D eigenvalue weighted by molar-refractivity contribution is -0.117. The van der Waals surface area contributed by atoms with Crippen LogP contribution in [-0.4, -0.2) is 21.9 Å². The lowest BCUT2D eigenvalue weighted by Crippen LogP contribution is -2.37. The third kappa shape index (κ3) is 4.71. The third-order valence-electron chi connectivity index (χ3n) is 3.82. The van der Waals surface area contributed by atoms with Crippen LogP contribution in [0.4, 0.5) is 10.1 Å². The predicted molar refractivity (Wildman–Crippen MR) is 101 cm³/mol. The number of halogens is 1. The van der Waals surface area contributed by atoms with Crippen LogP contribution in [0.15, 0.2) is 66.0 Å². The molecule has 0 bridgehead atoms. The maximum Gasteiger partial charge on any atom is 0.241 e. The van der Waals surface area contributed by atoms with Crippen LogP contribution in [0.5, 0.6) is 0 Å². The highest BCUT2D eigenvalue weighted by Crippen LogP contribution is 2.30. The van der Waals surface area contributed by atoms with Crippen molar-refractivity contribution in [1.29, 1.82) is 0 Å². The Hall–Kier alpha value is -2.64. The number of aromatic amines is 1. The zero-order valence-electron chi connectivity index (χ0n) is 14.0. The highest BCUT2D eigenvalue weighted by atomic mass is 32.2. The average Bonchev–Trinajstić information content (AvgIpc) is 3.15. The van der Waals surface area contributed by atoms with Gasteiger partial charge in [0.05, 0.1) is 18.1 Å². The minimum Gasteiger partial charge on any atom is -0.348 e. The summed E-state index contributed by atoms with van der Waals surface area (Å²) in [5.41, 5.74) is 8.06. The Bertz CT molecular complexity index is 869. The number of nitrogens with two attached hydrogens (primary N) is 1. The lowest BCUT2D eigenvalue weighted by atomic mass is 10.1. The van der Waals surface area contributed by atoms with Crippen LogP contribution in [0.1, 0.15) is 11.3 Å². The van der Waals surface area contributed by atoms with Gasteiger partial charge in [-0.1, -0.05) is 30.3 Å². The van der Waals surface area contributed by atoms with E-state index in [1.165, 1.54) is 17.8 Å². The number of H-pyrrole nitrogens is 1. The van der Waals surface area contributed by atoms with E-state index in [0.29, 0.717) is 23.4 Å². The Balaban J connectivity index is 1.65. The molecule has 0 radical (unpaired) electrons. The molecule has 26 heavy (non-hydrogen) atoms. The van der Waals surface area contributed by atoms with Gasteiger partial charge in [-0.15, -0.1) is 11.8 Å². The van der Waals surface area contributed by atoms with Crippen molar-refractivity contribution < 1.29 is 9.18 Å². The zero-order valence-corrected chi connectivity index (χ0v) is 14.8. The summed E-state index contributed by atoms with van der Waals surface area (Å²) in [5.74, 6) is -0.0404. The molecule has 7 heteroatoms. The van der Waals surface area contributed by atoms with Crippen LogP contribution in [-0.2, 0) is 17.0 Å². The molecule has 0 saturated carbocycles. The van der Waals surface area contributed by atoms with E-state index in [1.807, 2.05) is 24.3 Å². The number of nitrogens with one attached hydrogen (secondary N) is 2. The standard InChI is InChI=1S/C19H19FN4OS/c20-15-6-2-1-5-13(15)11-26-18-8-4-3-7-17(18)24-19(25)16(21)9-14-10-22-12-23-14/h1-8,10,12,16H,9,11,21H2,(H,22,23)(H,24,25)/t16-/m0/s1. The van der Waals surface area contributed by atoms with Crippen molar-refractivity contribution in [2.45, 2.75) is 23.1 Å². The number of carbonyl (C=O) groups excluding carboxylic acids is 1. The van der Waals surface area contributed by atoms with Crippen LogP contribution >= 0.6 is 11.8 Å². The van der Waals surface area contributed by atoms with E-state index in [0.717, 1.165) is 10.6 Å². The van der Waals surface area contributed by atoms with Crippen LogP contribution < -0.4 is 11.1 Å². The van der Waals surface area contributed by atoms with Gasteiger partial charge in [-0.2, -0.15) is 0 Å². The minimum absolute atomic E-state index is 0.233.